The van der Waals surface area contributed by atoms with Gasteiger partial charge >= 0.3 is 0 Å². The fraction of sp³-hybridized carbons (Fsp3) is 0.474. The molecule has 1 unspecified atom stereocenters. The van der Waals surface area contributed by atoms with Gasteiger partial charge in [0.15, 0.2) is 11.2 Å². The van der Waals surface area contributed by atoms with Crippen molar-refractivity contribution in [3.8, 4) is 6.07 Å². The van der Waals surface area contributed by atoms with E-state index in [2.05, 4.69) is 24.8 Å². The van der Waals surface area contributed by atoms with E-state index in [0.717, 1.165) is 24.4 Å². The number of hydrogen-bond donors (Lipinski definition) is 0. The lowest BCUT2D eigenvalue weighted by atomic mass is 9.53. The summed E-state index contributed by atoms with van der Waals surface area (Å²) in [5.74, 6) is -0.0457. The molecule has 116 valence electrons. The van der Waals surface area contributed by atoms with Gasteiger partial charge in [0.2, 0.25) is 0 Å². The summed E-state index contributed by atoms with van der Waals surface area (Å²) in [6.07, 6.45) is 0. The third-order valence-electron chi connectivity index (χ3n) is 4.59. The molecule has 0 saturated heterocycles. The molecule has 0 radical (unpaired) electrons. The van der Waals surface area contributed by atoms with Crippen molar-refractivity contribution in [2.75, 3.05) is 13.1 Å². The highest BCUT2D eigenvalue weighted by Crippen LogP contribution is 2.57. The summed E-state index contributed by atoms with van der Waals surface area (Å²) in [7, 11) is 0. The molecule has 1 atom stereocenters. The molecule has 3 heteroatoms. The number of carbonyl (C=O) groups is 1. The van der Waals surface area contributed by atoms with Crippen LogP contribution < -0.4 is 0 Å². The molecule has 1 aromatic rings. The van der Waals surface area contributed by atoms with E-state index in [4.69, 9.17) is 0 Å². The molecule has 2 rings (SSSR count). The Morgan fingerprint density at radius 1 is 1.14 bits per heavy atom. The van der Waals surface area contributed by atoms with Crippen molar-refractivity contribution in [3.05, 3.63) is 41.6 Å². The van der Waals surface area contributed by atoms with Crippen molar-refractivity contribution >= 4 is 11.4 Å². The van der Waals surface area contributed by atoms with E-state index in [-0.39, 0.29) is 5.78 Å². The molecule has 0 spiro atoms. The highest BCUT2D eigenvalue weighted by Gasteiger charge is 2.62. The average Bonchev–Trinajstić information content (AvgIpc) is 2.48. The molecule has 1 aromatic carbocycles. The summed E-state index contributed by atoms with van der Waals surface area (Å²) >= 11 is 0. The van der Waals surface area contributed by atoms with Crippen molar-refractivity contribution in [2.45, 2.75) is 34.6 Å². The molecule has 22 heavy (non-hydrogen) atoms. The third kappa shape index (κ3) is 2.06. The second-order valence-corrected chi connectivity index (χ2v) is 6.70. The minimum absolute atomic E-state index is 0.0457. The van der Waals surface area contributed by atoms with E-state index in [1.807, 2.05) is 51.1 Å². The fourth-order valence-electron chi connectivity index (χ4n) is 3.30. The Bertz CT molecular complexity index is 642. The smallest absolute Gasteiger partial charge is 0.192 e. The standard InChI is InChI=1S/C19H24N2O/c1-6-21(7-2)16-15(14-11-9-8-10-12-14)17(22)19(16,13-20)18(3,4)5/h8-12H,6-7H2,1-5H3. The second-order valence-electron chi connectivity index (χ2n) is 6.70. The Labute approximate surface area is 133 Å². The topological polar surface area (TPSA) is 44.1 Å². The summed E-state index contributed by atoms with van der Waals surface area (Å²) in [5, 5.41) is 9.89. The van der Waals surface area contributed by atoms with E-state index in [1.54, 1.807) is 0 Å². The van der Waals surface area contributed by atoms with E-state index < -0.39 is 10.8 Å². The Balaban J connectivity index is 2.74. The zero-order valence-electron chi connectivity index (χ0n) is 14.1. The summed E-state index contributed by atoms with van der Waals surface area (Å²) < 4.78 is 0. The quantitative estimate of drug-likeness (QED) is 0.847. The zero-order chi connectivity index (χ0) is 16.5. The van der Waals surface area contributed by atoms with Gasteiger partial charge in [0.05, 0.1) is 11.8 Å². The van der Waals surface area contributed by atoms with E-state index in [9.17, 15) is 10.1 Å². The monoisotopic (exact) mass is 296 g/mol. The molecule has 0 fully saturated rings. The molecule has 0 bridgehead atoms. The lowest BCUT2D eigenvalue weighted by molar-refractivity contribution is -0.126. The maximum atomic E-state index is 13.0. The maximum Gasteiger partial charge on any atom is 0.192 e. The Hall–Kier alpha value is -2.08. The summed E-state index contributed by atoms with van der Waals surface area (Å²) in [6.45, 7) is 11.6. The first kappa shape index (κ1) is 16.3. The first-order chi connectivity index (χ1) is 10.3. The summed E-state index contributed by atoms with van der Waals surface area (Å²) in [5.41, 5.74) is 1.02. The lowest BCUT2D eigenvalue weighted by Gasteiger charge is -2.51. The highest BCUT2D eigenvalue weighted by molar-refractivity contribution is 6.33. The van der Waals surface area contributed by atoms with Crippen molar-refractivity contribution in [2.24, 2.45) is 10.8 Å². The first-order valence-corrected chi connectivity index (χ1v) is 7.86. The average molecular weight is 296 g/mol. The molecule has 0 aromatic heterocycles. The molecule has 0 N–H and O–H groups in total. The van der Waals surface area contributed by atoms with Crippen molar-refractivity contribution in [3.63, 3.8) is 0 Å². The zero-order valence-corrected chi connectivity index (χ0v) is 14.1. The van der Waals surface area contributed by atoms with Gasteiger partial charge in [-0.15, -0.1) is 0 Å². The first-order valence-electron chi connectivity index (χ1n) is 7.86. The number of nitriles is 1. The number of benzene rings is 1. The SMILES string of the molecule is CCN(CC)C1=C(c2ccccc2)C(=O)C1(C#N)C(C)(C)C. The van der Waals surface area contributed by atoms with Crippen LogP contribution in [0, 0.1) is 22.2 Å². The number of nitrogens with zero attached hydrogens (tertiary/aromatic N) is 2. The third-order valence-corrected chi connectivity index (χ3v) is 4.59. The van der Waals surface area contributed by atoms with Gasteiger partial charge in [0.25, 0.3) is 0 Å². The maximum absolute atomic E-state index is 13.0. The number of allylic oxidation sites excluding steroid dienone is 2. The van der Waals surface area contributed by atoms with Crippen LogP contribution in [0.1, 0.15) is 40.2 Å². The van der Waals surface area contributed by atoms with E-state index in [1.165, 1.54) is 0 Å². The molecule has 0 aliphatic heterocycles. The molecule has 0 amide bonds. The van der Waals surface area contributed by atoms with Gasteiger partial charge < -0.3 is 4.90 Å². The molecule has 0 saturated carbocycles. The van der Waals surface area contributed by atoms with Crippen LogP contribution in [0.4, 0.5) is 0 Å². The second kappa shape index (κ2) is 5.61. The van der Waals surface area contributed by atoms with Crippen LogP contribution >= 0.6 is 0 Å². The van der Waals surface area contributed by atoms with Crippen LogP contribution in [0.2, 0.25) is 0 Å². The predicted octanol–water partition coefficient (Wildman–Crippen LogP) is 3.88. The van der Waals surface area contributed by atoms with Gasteiger partial charge in [-0.25, -0.2) is 0 Å². The summed E-state index contributed by atoms with van der Waals surface area (Å²) in [6, 6.07) is 12.0. The minimum Gasteiger partial charge on any atom is -0.373 e. The van der Waals surface area contributed by atoms with Crippen molar-refractivity contribution < 1.29 is 4.79 Å². The number of ketones is 1. The van der Waals surface area contributed by atoms with Gasteiger partial charge in [-0.05, 0) is 24.8 Å². The number of Topliss-reactive ketones (excluding diaryl/α,β-unsaturated/α-hetero) is 1. The van der Waals surface area contributed by atoms with E-state index >= 15 is 0 Å². The molecule has 1 aliphatic carbocycles. The highest BCUT2D eigenvalue weighted by atomic mass is 16.1. The van der Waals surface area contributed by atoms with Crippen LogP contribution in [0.5, 0.6) is 0 Å². The molecule has 0 heterocycles. The van der Waals surface area contributed by atoms with Gasteiger partial charge in [-0.2, -0.15) is 5.26 Å². The Morgan fingerprint density at radius 2 is 1.68 bits per heavy atom. The van der Waals surface area contributed by atoms with Gasteiger partial charge in [-0.1, -0.05) is 51.1 Å². The predicted molar refractivity (Wildman–Crippen MR) is 88.8 cm³/mol. The lowest BCUT2D eigenvalue weighted by Crippen LogP contribution is -2.56. The van der Waals surface area contributed by atoms with Gasteiger partial charge in [0.1, 0.15) is 0 Å². The normalized spacial score (nSPS) is 21.4. The van der Waals surface area contributed by atoms with Gasteiger partial charge in [-0.3, -0.25) is 4.79 Å². The van der Waals surface area contributed by atoms with Crippen molar-refractivity contribution in [1.29, 1.82) is 5.26 Å². The van der Waals surface area contributed by atoms with Crippen molar-refractivity contribution in [1.82, 2.24) is 4.90 Å². The van der Waals surface area contributed by atoms with Gasteiger partial charge in [0, 0.05) is 18.7 Å². The van der Waals surface area contributed by atoms with Crippen LogP contribution in [0.3, 0.4) is 0 Å². The number of rotatable bonds is 4. The number of carbonyl (C=O) groups excluding carboxylic acids is 1. The fourth-order valence-corrected chi connectivity index (χ4v) is 3.30. The van der Waals surface area contributed by atoms with Crippen LogP contribution in [0.25, 0.3) is 5.57 Å². The molecular formula is C19H24N2O. The van der Waals surface area contributed by atoms with Crippen LogP contribution in [0.15, 0.2) is 36.0 Å². The molecular weight excluding hydrogens is 272 g/mol. The molecule has 3 nitrogen and oxygen atoms in total. The number of hydrogen-bond acceptors (Lipinski definition) is 3. The van der Waals surface area contributed by atoms with Crippen LogP contribution in [-0.4, -0.2) is 23.8 Å². The molecule has 1 aliphatic rings. The van der Waals surface area contributed by atoms with Crippen LogP contribution in [-0.2, 0) is 4.79 Å². The Morgan fingerprint density at radius 3 is 2.09 bits per heavy atom. The largest absolute Gasteiger partial charge is 0.373 e. The summed E-state index contributed by atoms with van der Waals surface area (Å²) in [4.78, 5) is 15.2. The Kier molecular flexibility index (Phi) is 4.15. The minimum atomic E-state index is -1.05. The van der Waals surface area contributed by atoms with E-state index in [0.29, 0.717) is 5.57 Å².